The van der Waals surface area contributed by atoms with Crippen molar-refractivity contribution in [1.82, 2.24) is 0 Å². The van der Waals surface area contributed by atoms with Crippen molar-refractivity contribution in [3.8, 4) is 5.75 Å². The lowest BCUT2D eigenvalue weighted by Crippen LogP contribution is -2.11. The average molecular weight is 372 g/mol. The second-order valence-electron chi connectivity index (χ2n) is 6.46. The zero-order chi connectivity index (χ0) is 19.1. The lowest BCUT2D eigenvalue weighted by atomic mass is 10.1. The van der Waals surface area contributed by atoms with Crippen molar-refractivity contribution in [3.63, 3.8) is 0 Å². The van der Waals surface area contributed by atoms with Crippen molar-refractivity contribution in [3.05, 3.63) is 65.2 Å². The van der Waals surface area contributed by atoms with Gasteiger partial charge in [-0.3, -0.25) is 4.99 Å². The fraction of sp³-hybridized carbons (Fsp3) is 0.333. The van der Waals surface area contributed by atoms with Gasteiger partial charge in [-0.05, 0) is 49.2 Å². The number of thioether (sulfide) groups is 1. The molecule has 5 heteroatoms. The molecule has 0 saturated carbocycles. The van der Waals surface area contributed by atoms with Gasteiger partial charge < -0.3 is 9.84 Å². The van der Waals surface area contributed by atoms with Crippen LogP contribution in [0.3, 0.4) is 0 Å². The minimum absolute atomic E-state index is 0.339. The van der Waals surface area contributed by atoms with Crippen LogP contribution in [0.2, 0.25) is 0 Å². The first kappa shape index (κ1) is 20.0. The van der Waals surface area contributed by atoms with Crippen LogP contribution in [0.15, 0.2) is 53.5 Å². The number of carbonyl (C=O) groups is 1. The molecule has 1 N–H and O–H groups in total. The minimum Gasteiger partial charge on any atom is -0.497 e. The Labute approximate surface area is 159 Å². The topological polar surface area (TPSA) is 58.9 Å². The fourth-order valence-corrected chi connectivity index (χ4v) is 3.62. The highest BCUT2D eigenvalue weighted by atomic mass is 32.2. The van der Waals surface area contributed by atoms with Crippen LogP contribution in [-0.4, -0.2) is 35.0 Å². The van der Waals surface area contributed by atoms with Crippen LogP contribution >= 0.6 is 11.8 Å². The van der Waals surface area contributed by atoms with Crippen molar-refractivity contribution >= 4 is 22.8 Å². The van der Waals surface area contributed by atoms with Gasteiger partial charge in [-0.25, -0.2) is 4.79 Å². The monoisotopic (exact) mass is 371 g/mol. The molecule has 0 amide bonds. The van der Waals surface area contributed by atoms with E-state index in [4.69, 9.17) is 14.8 Å². The predicted molar refractivity (Wildman–Crippen MR) is 109 cm³/mol. The minimum atomic E-state index is -0.875. The highest BCUT2D eigenvalue weighted by Crippen LogP contribution is 2.27. The van der Waals surface area contributed by atoms with E-state index in [0.29, 0.717) is 17.5 Å². The molecule has 4 nitrogen and oxygen atoms in total. The third-order valence-electron chi connectivity index (χ3n) is 4.08. The predicted octanol–water partition coefficient (Wildman–Crippen LogP) is 4.91. The van der Waals surface area contributed by atoms with E-state index in [2.05, 4.69) is 26.0 Å². The maximum Gasteiger partial charge on any atom is 0.335 e. The van der Waals surface area contributed by atoms with E-state index in [1.54, 1.807) is 31.4 Å². The first-order valence-electron chi connectivity index (χ1n) is 8.55. The Bertz CT molecular complexity index is 752. The van der Waals surface area contributed by atoms with Crippen molar-refractivity contribution in [1.29, 1.82) is 0 Å². The molecule has 0 saturated heterocycles. The van der Waals surface area contributed by atoms with Gasteiger partial charge in [-0.15, -0.1) is 11.8 Å². The Morgan fingerprint density at radius 2 is 1.77 bits per heavy atom. The fourth-order valence-electron chi connectivity index (χ4n) is 2.32. The third kappa shape index (κ3) is 5.63. The number of ether oxygens (including phenoxy) is 1. The number of rotatable bonds is 4. The summed E-state index contributed by atoms with van der Waals surface area (Å²) in [7, 11) is 1.69. The van der Waals surface area contributed by atoms with Crippen molar-refractivity contribution in [2.24, 2.45) is 10.9 Å². The number of carboxylic acid groups (broad SMARTS) is 1. The molecule has 138 valence electrons. The molecule has 1 atom stereocenters. The first-order valence-corrected chi connectivity index (χ1v) is 9.54. The number of hydrogen-bond donors (Lipinski definition) is 1. The van der Waals surface area contributed by atoms with Crippen LogP contribution in [-0.2, 0) is 0 Å². The molecule has 1 aliphatic heterocycles. The normalized spacial score (nSPS) is 15.9. The molecule has 0 bridgehead atoms. The van der Waals surface area contributed by atoms with E-state index in [-0.39, 0.29) is 0 Å². The quantitative estimate of drug-likeness (QED) is 0.830. The van der Waals surface area contributed by atoms with Crippen LogP contribution in [0.25, 0.3) is 0 Å². The maximum absolute atomic E-state index is 10.3. The number of hydrogen-bond acceptors (Lipinski definition) is 4. The number of carboxylic acids is 1. The second-order valence-corrected chi connectivity index (χ2v) is 7.47. The SMILES string of the molecule is COc1ccc(C2=NC(C(C)C)CS2)cc1.Cc1ccc(C(=O)O)cc1. The highest BCUT2D eigenvalue weighted by molar-refractivity contribution is 8.14. The molecule has 26 heavy (non-hydrogen) atoms. The van der Waals surface area contributed by atoms with Gasteiger partial charge in [0.15, 0.2) is 0 Å². The summed E-state index contributed by atoms with van der Waals surface area (Å²) in [5.41, 5.74) is 2.62. The molecular weight excluding hydrogens is 346 g/mol. The lowest BCUT2D eigenvalue weighted by molar-refractivity contribution is 0.0697. The van der Waals surface area contributed by atoms with Gasteiger partial charge in [-0.2, -0.15) is 0 Å². The number of methoxy groups -OCH3 is 1. The zero-order valence-electron chi connectivity index (χ0n) is 15.6. The number of aryl methyl sites for hydroxylation is 1. The Hall–Kier alpha value is -2.27. The number of benzene rings is 2. The molecule has 3 rings (SSSR count). The molecule has 0 radical (unpaired) electrons. The van der Waals surface area contributed by atoms with Crippen LogP contribution < -0.4 is 4.74 Å². The molecule has 2 aromatic carbocycles. The maximum atomic E-state index is 10.3. The van der Waals surface area contributed by atoms with E-state index in [1.807, 2.05) is 30.8 Å². The van der Waals surface area contributed by atoms with E-state index in [0.717, 1.165) is 17.1 Å². The van der Waals surface area contributed by atoms with Gasteiger partial charge in [0, 0.05) is 11.3 Å². The van der Waals surface area contributed by atoms with Crippen LogP contribution in [0.5, 0.6) is 5.75 Å². The largest absolute Gasteiger partial charge is 0.497 e. The standard InChI is InChI=1S/C13H17NOS.C8H8O2/c1-9(2)12-8-16-13(14-12)10-4-6-11(15-3)7-5-10;1-6-2-4-7(5-3-6)8(9)10/h4-7,9,12H,8H2,1-3H3;2-5H,1H3,(H,9,10). The van der Waals surface area contributed by atoms with E-state index >= 15 is 0 Å². The summed E-state index contributed by atoms with van der Waals surface area (Å²) >= 11 is 1.85. The van der Waals surface area contributed by atoms with Crippen LogP contribution in [0, 0.1) is 12.8 Å². The van der Waals surface area contributed by atoms with Gasteiger partial charge in [-0.1, -0.05) is 31.5 Å². The Kier molecular flexibility index (Phi) is 7.27. The summed E-state index contributed by atoms with van der Waals surface area (Å²) in [6.45, 7) is 6.38. The summed E-state index contributed by atoms with van der Waals surface area (Å²) in [5.74, 6) is 1.76. The summed E-state index contributed by atoms with van der Waals surface area (Å²) in [4.78, 5) is 15.1. The third-order valence-corrected chi connectivity index (χ3v) is 5.20. The molecule has 0 spiro atoms. The van der Waals surface area contributed by atoms with Crippen LogP contribution in [0.4, 0.5) is 0 Å². The Morgan fingerprint density at radius 3 is 2.23 bits per heavy atom. The number of aromatic carboxylic acids is 1. The molecule has 1 unspecified atom stereocenters. The molecule has 1 aliphatic rings. The molecule has 0 aliphatic carbocycles. The van der Waals surface area contributed by atoms with Gasteiger partial charge in [0.05, 0.1) is 23.8 Å². The Balaban J connectivity index is 0.000000209. The lowest BCUT2D eigenvalue weighted by Gasteiger charge is -2.08. The van der Waals surface area contributed by atoms with E-state index in [9.17, 15) is 4.79 Å². The number of nitrogens with zero attached hydrogens (tertiary/aromatic N) is 1. The summed E-state index contributed by atoms with van der Waals surface area (Å²) in [5, 5.41) is 9.64. The molecule has 0 fully saturated rings. The first-order chi connectivity index (χ1) is 12.4. The average Bonchev–Trinajstić information content (AvgIpc) is 3.13. The van der Waals surface area contributed by atoms with Gasteiger partial charge in [0.25, 0.3) is 0 Å². The van der Waals surface area contributed by atoms with Crippen molar-refractivity contribution in [2.45, 2.75) is 26.8 Å². The highest BCUT2D eigenvalue weighted by Gasteiger charge is 2.21. The summed E-state index contributed by atoms with van der Waals surface area (Å²) < 4.78 is 5.14. The molecule has 0 aromatic heterocycles. The summed E-state index contributed by atoms with van der Waals surface area (Å²) in [6.07, 6.45) is 0. The van der Waals surface area contributed by atoms with Gasteiger partial charge in [0.2, 0.25) is 0 Å². The molecular formula is C21H25NO3S. The van der Waals surface area contributed by atoms with Crippen LogP contribution in [0.1, 0.15) is 35.3 Å². The molecule has 1 heterocycles. The van der Waals surface area contributed by atoms with Crippen molar-refractivity contribution in [2.75, 3.05) is 12.9 Å². The van der Waals surface area contributed by atoms with E-state index < -0.39 is 5.97 Å². The van der Waals surface area contributed by atoms with Gasteiger partial charge >= 0.3 is 5.97 Å². The van der Waals surface area contributed by atoms with E-state index in [1.165, 1.54) is 10.6 Å². The molecule has 2 aromatic rings. The second kappa shape index (κ2) is 9.43. The van der Waals surface area contributed by atoms with Gasteiger partial charge in [0.1, 0.15) is 5.75 Å². The van der Waals surface area contributed by atoms with Crippen molar-refractivity contribution < 1.29 is 14.6 Å². The summed E-state index contributed by atoms with van der Waals surface area (Å²) in [6, 6.07) is 15.4. The Morgan fingerprint density at radius 1 is 1.15 bits per heavy atom. The smallest absolute Gasteiger partial charge is 0.335 e. The zero-order valence-corrected chi connectivity index (χ0v) is 16.4. The number of aliphatic imine (C=N–C) groups is 1.